The average molecular weight is 208 g/mol. The van der Waals surface area contributed by atoms with Gasteiger partial charge in [-0.25, -0.2) is 0 Å². The minimum absolute atomic E-state index is 0.207. The van der Waals surface area contributed by atoms with E-state index in [4.69, 9.17) is 15.4 Å². The molecule has 0 saturated carbocycles. The summed E-state index contributed by atoms with van der Waals surface area (Å²) in [4.78, 5) is 0. The quantitative estimate of drug-likeness (QED) is 0.323. The van der Waals surface area contributed by atoms with E-state index in [0.717, 1.165) is 5.06 Å². The van der Waals surface area contributed by atoms with E-state index in [9.17, 15) is 10.2 Å². The Morgan fingerprint density at radius 1 is 1.14 bits per heavy atom. The van der Waals surface area contributed by atoms with E-state index in [-0.39, 0.29) is 13.1 Å². The molecule has 4 unspecified atom stereocenters. The first-order valence-electron chi connectivity index (χ1n) is 4.39. The van der Waals surface area contributed by atoms with Crippen molar-refractivity contribution in [3.8, 4) is 0 Å². The minimum atomic E-state index is -1.54. The largest absolute Gasteiger partial charge is 0.390 e. The van der Waals surface area contributed by atoms with Gasteiger partial charge in [-0.05, 0) is 6.92 Å². The first kappa shape index (κ1) is 13.8. The first-order valence-corrected chi connectivity index (χ1v) is 4.39. The SMILES string of the molecule is [CH2]C(O)C(O)C(O)C(O)CN(O)CC. The monoisotopic (exact) mass is 208 g/mol. The van der Waals surface area contributed by atoms with Crippen molar-refractivity contribution < 1.29 is 25.6 Å². The number of nitrogens with zero attached hydrogens (tertiary/aromatic N) is 1. The lowest BCUT2D eigenvalue weighted by molar-refractivity contribution is -0.149. The predicted molar refractivity (Wildman–Crippen MR) is 48.4 cm³/mol. The van der Waals surface area contributed by atoms with Crippen LogP contribution in [0.4, 0.5) is 0 Å². The molecule has 0 aromatic heterocycles. The van der Waals surface area contributed by atoms with Crippen LogP contribution in [-0.4, -0.2) is 68.2 Å². The maximum absolute atomic E-state index is 9.29. The van der Waals surface area contributed by atoms with E-state index < -0.39 is 24.4 Å². The van der Waals surface area contributed by atoms with Crippen molar-refractivity contribution in [2.24, 2.45) is 0 Å². The minimum Gasteiger partial charge on any atom is -0.390 e. The van der Waals surface area contributed by atoms with Gasteiger partial charge in [0.05, 0.1) is 18.8 Å². The molecule has 1 radical (unpaired) electrons. The summed E-state index contributed by atoms with van der Waals surface area (Å²) in [5.74, 6) is 0. The van der Waals surface area contributed by atoms with Gasteiger partial charge in [-0.1, -0.05) is 6.92 Å². The number of aliphatic hydroxyl groups excluding tert-OH is 4. The highest BCUT2D eigenvalue weighted by molar-refractivity contribution is 4.82. The number of likely N-dealkylation sites (N-methyl/N-ethyl adjacent to an activating group) is 1. The van der Waals surface area contributed by atoms with Gasteiger partial charge in [-0.3, -0.25) is 0 Å². The number of hydrogen-bond donors (Lipinski definition) is 5. The van der Waals surface area contributed by atoms with E-state index >= 15 is 0 Å². The molecule has 0 rings (SSSR count). The Bertz CT molecular complexity index is 155. The Labute approximate surface area is 83.0 Å². The van der Waals surface area contributed by atoms with Gasteiger partial charge in [-0.15, -0.1) is 0 Å². The van der Waals surface area contributed by atoms with Crippen LogP contribution in [-0.2, 0) is 0 Å². The van der Waals surface area contributed by atoms with E-state index in [0.29, 0.717) is 0 Å². The molecule has 0 aromatic rings. The molecule has 6 nitrogen and oxygen atoms in total. The molecule has 0 amide bonds. The Hall–Kier alpha value is -0.240. The van der Waals surface area contributed by atoms with Crippen molar-refractivity contribution >= 4 is 0 Å². The van der Waals surface area contributed by atoms with E-state index in [1.54, 1.807) is 6.92 Å². The van der Waals surface area contributed by atoms with Crippen LogP contribution in [0.25, 0.3) is 0 Å². The van der Waals surface area contributed by atoms with Crippen molar-refractivity contribution in [3.63, 3.8) is 0 Å². The van der Waals surface area contributed by atoms with Gasteiger partial charge in [0.15, 0.2) is 0 Å². The van der Waals surface area contributed by atoms with Crippen LogP contribution in [0.2, 0.25) is 0 Å². The number of hydrogen-bond acceptors (Lipinski definition) is 6. The zero-order valence-electron chi connectivity index (χ0n) is 8.11. The third-order valence-corrected chi connectivity index (χ3v) is 1.90. The lowest BCUT2D eigenvalue weighted by Gasteiger charge is -2.26. The molecule has 0 aliphatic heterocycles. The number of rotatable bonds is 6. The molecule has 0 aromatic carbocycles. The molecule has 4 atom stereocenters. The average Bonchev–Trinajstić information content (AvgIpc) is 2.14. The number of aliphatic hydroxyl groups is 4. The summed E-state index contributed by atoms with van der Waals surface area (Å²) in [5.41, 5.74) is 0. The van der Waals surface area contributed by atoms with Crippen molar-refractivity contribution in [1.82, 2.24) is 5.06 Å². The third-order valence-electron chi connectivity index (χ3n) is 1.90. The van der Waals surface area contributed by atoms with Gasteiger partial charge in [0, 0.05) is 6.54 Å². The van der Waals surface area contributed by atoms with Crippen LogP contribution in [0, 0.1) is 6.92 Å². The van der Waals surface area contributed by atoms with Gasteiger partial charge in [-0.2, -0.15) is 5.06 Å². The van der Waals surface area contributed by atoms with Crippen LogP contribution >= 0.6 is 0 Å². The summed E-state index contributed by atoms with van der Waals surface area (Å²) in [6.07, 6.45) is -5.79. The fourth-order valence-corrected chi connectivity index (χ4v) is 0.908. The van der Waals surface area contributed by atoms with Gasteiger partial charge in [0.1, 0.15) is 12.2 Å². The molecule has 0 aliphatic rings. The molecule has 0 saturated heterocycles. The second-order valence-electron chi connectivity index (χ2n) is 3.12. The Balaban J connectivity index is 4.04. The molecule has 6 heteroatoms. The summed E-state index contributed by atoms with van der Waals surface area (Å²) in [5, 5.41) is 46.3. The molecular formula is C8H18NO5. The number of hydroxylamine groups is 2. The van der Waals surface area contributed by atoms with Gasteiger partial charge in [0.2, 0.25) is 0 Å². The summed E-state index contributed by atoms with van der Waals surface area (Å²) in [6, 6.07) is 0. The Kier molecular flexibility index (Phi) is 6.17. The summed E-state index contributed by atoms with van der Waals surface area (Å²) in [7, 11) is 0. The maximum Gasteiger partial charge on any atom is 0.110 e. The standard InChI is InChI=1S/C8H18NO5/c1-3-9(14)4-6(11)8(13)7(12)5(2)10/h5-8,10-14H,2-4H2,1H3. The van der Waals surface area contributed by atoms with Crippen molar-refractivity contribution in [1.29, 1.82) is 0 Å². The lowest BCUT2D eigenvalue weighted by Crippen LogP contribution is -2.47. The zero-order valence-corrected chi connectivity index (χ0v) is 8.11. The normalized spacial score (nSPS) is 20.6. The molecule has 5 N–H and O–H groups in total. The molecular weight excluding hydrogens is 190 g/mol. The van der Waals surface area contributed by atoms with Crippen molar-refractivity contribution in [2.75, 3.05) is 13.1 Å². The summed E-state index contributed by atoms with van der Waals surface area (Å²) in [6.45, 7) is 4.84. The third kappa shape index (κ3) is 4.32. The van der Waals surface area contributed by atoms with Crippen molar-refractivity contribution in [2.45, 2.75) is 31.3 Å². The van der Waals surface area contributed by atoms with Crippen LogP contribution in [0.1, 0.15) is 6.92 Å². The summed E-state index contributed by atoms with van der Waals surface area (Å²) >= 11 is 0. The maximum atomic E-state index is 9.29. The Morgan fingerprint density at radius 2 is 1.64 bits per heavy atom. The van der Waals surface area contributed by atoms with Crippen LogP contribution < -0.4 is 0 Å². The second-order valence-corrected chi connectivity index (χ2v) is 3.12. The first-order chi connectivity index (χ1) is 6.40. The van der Waals surface area contributed by atoms with E-state index in [1.807, 2.05) is 0 Å². The highest BCUT2D eigenvalue weighted by atomic mass is 16.5. The molecule has 85 valence electrons. The highest BCUT2D eigenvalue weighted by Crippen LogP contribution is 2.05. The fraction of sp³-hybridized carbons (Fsp3) is 0.875. The summed E-state index contributed by atoms with van der Waals surface area (Å²) < 4.78 is 0. The zero-order chi connectivity index (χ0) is 11.3. The van der Waals surface area contributed by atoms with Crippen LogP contribution in [0.15, 0.2) is 0 Å². The smallest absolute Gasteiger partial charge is 0.110 e. The molecule has 0 heterocycles. The van der Waals surface area contributed by atoms with Crippen molar-refractivity contribution in [3.05, 3.63) is 6.92 Å². The second kappa shape index (κ2) is 6.28. The highest BCUT2D eigenvalue weighted by Gasteiger charge is 2.28. The van der Waals surface area contributed by atoms with Gasteiger partial charge >= 0.3 is 0 Å². The van der Waals surface area contributed by atoms with Crippen LogP contribution in [0.3, 0.4) is 0 Å². The molecule has 0 spiro atoms. The van der Waals surface area contributed by atoms with Crippen LogP contribution in [0.5, 0.6) is 0 Å². The molecule has 0 bridgehead atoms. The molecule has 0 fully saturated rings. The lowest BCUT2D eigenvalue weighted by atomic mass is 10.0. The Morgan fingerprint density at radius 3 is 2.00 bits per heavy atom. The topological polar surface area (TPSA) is 104 Å². The van der Waals surface area contributed by atoms with E-state index in [2.05, 4.69) is 6.92 Å². The van der Waals surface area contributed by atoms with Gasteiger partial charge < -0.3 is 25.6 Å². The predicted octanol–water partition coefficient (Wildman–Crippen LogP) is -2.02. The molecule has 14 heavy (non-hydrogen) atoms. The molecule has 0 aliphatic carbocycles. The fourth-order valence-electron chi connectivity index (χ4n) is 0.908. The van der Waals surface area contributed by atoms with E-state index in [1.165, 1.54) is 0 Å². The van der Waals surface area contributed by atoms with Gasteiger partial charge in [0.25, 0.3) is 0 Å².